The first-order valence-electron chi connectivity index (χ1n) is 5.27. The fourth-order valence-corrected chi connectivity index (χ4v) is 2.45. The van der Waals surface area contributed by atoms with Gasteiger partial charge in [-0.25, -0.2) is 4.98 Å². The number of nitrogens with one attached hydrogen (secondary N) is 2. The minimum Gasteiger partial charge on any atom is -0.496 e. The van der Waals surface area contributed by atoms with Crippen LogP contribution in [0.15, 0.2) is 35.7 Å². The van der Waals surface area contributed by atoms with Crippen LogP contribution in [0, 0.1) is 10.1 Å². The minimum atomic E-state index is -3.96. The normalized spacial score (nSPS) is 11.1. The number of hydrogen-bond donors (Lipinski definition) is 2. The molecule has 0 spiro atoms. The van der Waals surface area contributed by atoms with Gasteiger partial charge < -0.3 is 9.72 Å². The molecule has 0 atom stereocenters. The molecular weight excluding hydrogens is 288 g/mol. The van der Waals surface area contributed by atoms with E-state index in [0.29, 0.717) is 0 Å². The summed E-state index contributed by atoms with van der Waals surface area (Å²) < 4.78 is 30.9. The summed E-state index contributed by atoms with van der Waals surface area (Å²) in [5.41, 5.74) is -0.571. The molecule has 0 saturated carbocycles. The molecule has 0 aliphatic carbocycles. The summed E-state index contributed by atoms with van der Waals surface area (Å²) in [5.74, 6) is 0.251. The number of nitro benzene ring substituents is 1. The lowest BCUT2D eigenvalue weighted by Crippen LogP contribution is -2.14. The van der Waals surface area contributed by atoms with Crippen LogP contribution >= 0.6 is 0 Å². The maximum atomic E-state index is 12.0. The van der Waals surface area contributed by atoms with Gasteiger partial charge in [-0.15, -0.1) is 0 Å². The average Bonchev–Trinajstić information content (AvgIpc) is 2.93. The molecule has 0 aliphatic rings. The van der Waals surface area contributed by atoms with Crippen molar-refractivity contribution < 1.29 is 18.1 Å². The van der Waals surface area contributed by atoms with Gasteiger partial charge in [-0.1, -0.05) is 0 Å². The van der Waals surface area contributed by atoms with Crippen molar-refractivity contribution in [2.75, 3.05) is 11.8 Å². The van der Waals surface area contributed by atoms with Crippen molar-refractivity contribution in [2.24, 2.45) is 0 Å². The maximum absolute atomic E-state index is 12.0. The van der Waals surface area contributed by atoms with Gasteiger partial charge in [-0.2, -0.15) is 8.42 Å². The summed E-state index contributed by atoms with van der Waals surface area (Å²) in [6.07, 6.45) is 2.29. The number of benzene rings is 1. The zero-order valence-corrected chi connectivity index (χ0v) is 11.0. The van der Waals surface area contributed by atoms with E-state index in [0.717, 1.165) is 12.3 Å². The van der Waals surface area contributed by atoms with E-state index in [1.807, 2.05) is 0 Å². The van der Waals surface area contributed by atoms with E-state index < -0.39 is 20.6 Å². The quantitative estimate of drug-likeness (QED) is 0.629. The first-order valence-corrected chi connectivity index (χ1v) is 6.76. The van der Waals surface area contributed by atoms with Crippen molar-refractivity contribution in [3.8, 4) is 5.75 Å². The van der Waals surface area contributed by atoms with Crippen LogP contribution in [-0.2, 0) is 10.0 Å². The van der Waals surface area contributed by atoms with Crippen LogP contribution < -0.4 is 9.46 Å². The van der Waals surface area contributed by atoms with Gasteiger partial charge in [0.2, 0.25) is 0 Å². The third-order valence-corrected chi connectivity index (χ3v) is 3.70. The van der Waals surface area contributed by atoms with E-state index >= 15 is 0 Å². The van der Waals surface area contributed by atoms with Crippen molar-refractivity contribution in [2.45, 2.75) is 5.03 Å². The van der Waals surface area contributed by atoms with Crippen molar-refractivity contribution in [3.05, 3.63) is 40.8 Å². The number of imidazole rings is 1. The minimum absolute atomic E-state index is 0.162. The van der Waals surface area contributed by atoms with E-state index in [2.05, 4.69) is 14.7 Å². The third kappa shape index (κ3) is 2.69. The molecule has 0 saturated heterocycles. The number of H-pyrrole nitrogens is 1. The molecule has 106 valence electrons. The van der Waals surface area contributed by atoms with Crippen molar-refractivity contribution in [3.63, 3.8) is 0 Å². The second-order valence-electron chi connectivity index (χ2n) is 3.66. The molecule has 1 aromatic carbocycles. The van der Waals surface area contributed by atoms with Crippen LogP contribution in [0.4, 0.5) is 11.4 Å². The summed E-state index contributed by atoms with van der Waals surface area (Å²) in [7, 11) is -2.60. The van der Waals surface area contributed by atoms with Gasteiger partial charge in [0.25, 0.3) is 15.7 Å². The molecule has 10 heteroatoms. The van der Waals surface area contributed by atoms with Gasteiger partial charge in [-0.3, -0.25) is 14.8 Å². The third-order valence-electron chi connectivity index (χ3n) is 2.41. The lowest BCUT2D eigenvalue weighted by atomic mass is 10.2. The molecule has 0 radical (unpaired) electrons. The Labute approximate surface area is 113 Å². The smallest absolute Gasteiger partial charge is 0.297 e. The summed E-state index contributed by atoms with van der Waals surface area (Å²) in [5, 5.41) is 10.8. The Bertz CT molecular complexity index is 726. The number of hydrogen-bond acceptors (Lipinski definition) is 6. The second kappa shape index (κ2) is 5.17. The van der Waals surface area contributed by atoms with Crippen LogP contribution in [0.1, 0.15) is 0 Å². The van der Waals surface area contributed by atoms with Crippen molar-refractivity contribution >= 4 is 21.4 Å². The highest BCUT2D eigenvalue weighted by Crippen LogP contribution is 2.30. The van der Waals surface area contributed by atoms with Gasteiger partial charge in [0.1, 0.15) is 11.4 Å². The van der Waals surface area contributed by atoms with E-state index in [4.69, 9.17) is 4.74 Å². The van der Waals surface area contributed by atoms with Crippen LogP contribution in [0.25, 0.3) is 0 Å². The predicted molar refractivity (Wildman–Crippen MR) is 69.0 cm³/mol. The van der Waals surface area contributed by atoms with Gasteiger partial charge in [0.15, 0.2) is 5.03 Å². The van der Waals surface area contributed by atoms with Gasteiger partial charge in [0, 0.05) is 0 Å². The predicted octanol–water partition coefficient (Wildman–Crippen LogP) is 1.13. The highest BCUT2D eigenvalue weighted by molar-refractivity contribution is 7.92. The first kappa shape index (κ1) is 13.8. The molecule has 9 nitrogen and oxygen atoms in total. The van der Waals surface area contributed by atoms with Crippen molar-refractivity contribution in [1.29, 1.82) is 0 Å². The molecular formula is C10H10N4O5S. The zero-order valence-electron chi connectivity index (χ0n) is 10.2. The average molecular weight is 298 g/mol. The molecule has 1 aromatic heterocycles. The highest BCUT2D eigenvalue weighted by Gasteiger charge is 2.22. The molecule has 1 heterocycles. The Morgan fingerprint density at radius 3 is 2.75 bits per heavy atom. The molecule has 0 aliphatic heterocycles. The number of aromatic nitrogens is 2. The summed E-state index contributed by atoms with van der Waals surface area (Å²) in [6.45, 7) is 0. The lowest BCUT2D eigenvalue weighted by molar-refractivity contribution is -0.384. The van der Waals surface area contributed by atoms with Crippen LogP contribution in [-0.4, -0.2) is 30.4 Å². The summed E-state index contributed by atoms with van der Waals surface area (Å²) >= 11 is 0. The van der Waals surface area contributed by atoms with Gasteiger partial charge >= 0.3 is 0 Å². The van der Waals surface area contributed by atoms with Gasteiger partial charge in [-0.05, 0) is 12.1 Å². The second-order valence-corrected chi connectivity index (χ2v) is 5.31. The largest absolute Gasteiger partial charge is 0.496 e. The molecule has 0 bridgehead atoms. The number of methoxy groups -OCH3 is 1. The molecule has 2 N–H and O–H groups in total. The van der Waals surface area contributed by atoms with E-state index in [1.54, 1.807) is 0 Å². The standard InChI is InChI=1S/C10H10N4O5S/c1-19-7-2-3-8(9(4-7)14(15)16)13-20(17,18)10-5-11-6-12-10/h2-6,13H,1H3,(H,11,12). The maximum Gasteiger partial charge on any atom is 0.297 e. The topological polar surface area (TPSA) is 127 Å². The molecule has 2 rings (SSSR count). The summed E-state index contributed by atoms with van der Waals surface area (Å²) in [4.78, 5) is 16.3. The van der Waals surface area contributed by atoms with E-state index in [9.17, 15) is 18.5 Å². The SMILES string of the molecule is COc1ccc(NS(=O)(=O)c2cnc[nH]2)c([N+](=O)[O-])c1. The number of ether oxygens (including phenoxy) is 1. The monoisotopic (exact) mass is 298 g/mol. The molecule has 0 amide bonds. The summed E-state index contributed by atoms with van der Waals surface area (Å²) in [6, 6.07) is 3.80. The fraction of sp³-hybridized carbons (Fsp3) is 0.100. The first-order chi connectivity index (χ1) is 9.44. The highest BCUT2D eigenvalue weighted by atomic mass is 32.2. The number of sulfonamides is 1. The van der Waals surface area contributed by atoms with Crippen LogP contribution in [0.3, 0.4) is 0 Å². The Morgan fingerprint density at radius 2 is 2.20 bits per heavy atom. The van der Waals surface area contributed by atoms with E-state index in [1.165, 1.54) is 25.6 Å². The van der Waals surface area contributed by atoms with E-state index in [-0.39, 0.29) is 16.5 Å². The number of nitro groups is 1. The number of rotatable bonds is 5. The Hall–Kier alpha value is -2.62. The molecule has 2 aromatic rings. The fourth-order valence-electron chi connectivity index (χ4n) is 1.47. The number of aromatic amines is 1. The molecule has 20 heavy (non-hydrogen) atoms. The van der Waals surface area contributed by atoms with Crippen LogP contribution in [0.2, 0.25) is 0 Å². The lowest BCUT2D eigenvalue weighted by Gasteiger charge is -2.08. The Kier molecular flexibility index (Phi) is 3.57. The van der Waals surface area contributed by atoms with Crippen LogP contribution in [0.5, 0.6) is 5.75 Å². The zero-order chi connectivity index (χ0) is 14.8. The number of nitrogens with zero attached hydrogens (tertiary/aromatic N) is 2. The Morgan fingerprint density at radius 1 is 1.45 bits per heavy atom. The van der Waals surface area contributed by atoms with Crippen molar-refractivity contribution in [1.82, 2.24) is 9.97 Å². The Balaban J connectivity index is 2.41. The molecule has 0 unspecified atom stereocenters. The number of anilines is 1. The van der Waals surface area contributed by atoms with Gasteiger partial charge in [0.05, 0.1) is 30.6 Å². The molecule has 0 fully saturated rings.